The molecule has 0 aromatic carbocycles. The number of nitrogens with two attached hydrogens (primary N) is 1. The molecule has 0 saturated heterocycles. The molecule has 0 aromatic heterocycles. The van der Waals surface area contributed by atoms with Crippen LogP contribution in [0, 0.1) is 0 Å². The number of amides is 6. The van der Waals surface area contributed by atoms with Crippen molar-refractivity contribution in [3.05, 3.63) is 35.6 Å². The summed E-state index contributed by atoms with van der Waals surface area (Å²) >= 11 is 0. The molecule has 5 atom stereocenters. The normalized spacial score (nSPS) is 16.5. The van der Waals surface area contributed by atoms with Gasteiger partial charge in [0, 0.05) is 19.8 Å². The number of rotatable bonds is 20. The molecule has 49 heavy (non-hydrogen) atoms. The number of nitrogens with one attached hydrogen (secondary N) is 5. The van der Waals surface area contributed by atoms with E-state index in [9.17, 15) is 58.2 Å². The van der Waals surface area contributed by atoms with Crippen LogP contribution in [0.1, 0.15) is 46.0 Å². The third-order valence-electron chi connectivity index (χ3n) is 6.41. The summed E-state index contributed by atoms with van der Waals surface area (Å²) in [6.45, 7) is 1.17. The van der Waals surface area contributed by atoms with E-state index in [0.717, 1.165) is 13.0 Å². The zero-order valence-electron chi connectivity index (χ0n) is 26.3. The summed E-state index contributed by atoms with van der Waals surface area (Å²) in [6.07, 6.45) is 2.99. The van der Waals surface area contributed by atoms with Crippen molar-refractivity contribution in [2.45, 2.75) is 76.2 Å². The number of carboxylic acid groups (broad SMARTS) is 2. The first kappa shape index (κ1) is 41.9. The van der Waals surface area contributed by atoms with Gasteiger partial charge in [0.25, 0.3) is 0 Å². The summed E-state index contributed by atoms with van der Waals surface area (Å²) < 4.78 is 15.6. The molecule has 21 nitrogen and oxygen atoms in total. The molecule has 0 aliphatic heterocycles. The van der Waals surface area contributed by atoms with Gasteiger partial charge in [0.15, 0.2) is 0 Å². The molecule has 1 aliphatic carbocycles. The van der Waals surface area contributed by atoms with Crippen LogP contribution in [0.25, 0.3) is 0 Å². The molecule has 0 spiro atoms. The zero-order valence-corrected chi connectivity index (χ0v) is 27.2. The molecule has 1 rings (SSSR count). The fourth-order valence-corrected chi connectivity index (χ4v) is 4.32. The average molecular weight is 719 g/mol. The van der Waals surface area contributed by atoms with Crippen molar-refractivity contribution in [1.29, 1.82) is 0 Å². The summed E-state index contributed by atoms with van der Waals surface area (Å²) in [5.41, 5.74) is 5.56. The maximum absolute atomic E-state index is 13.3. The lowest BCUT2D eigenvalue weighted by Crippen LogP contribution is -2.59. The minimum absolute atomic E-state index is 0.0648. The first-order valence-corrected chi connectivity index (χ1v) is 15.9. The largest absolute Gasteiger partial charge is 0.508 e. The Morgan fingerprint density at radius 1 is 0.857 bits per heavy atom. The molecule has 0 heterocycles. The van der Waals surface area contributed by atoms with Crippen LogP contribution < -0.4 is 32.3 Å². The number of aliphatic carboxylic acids is 2. The lowest BCUT2D eigenvalue weighted by Gasteiger charge is -2.26. The zero-order chi connectivity index (χ0) is 37.5. The molecule has 0 unspecified atom stereocenters. The van der Waals surface area contributed by atoms with Gasteiger partial charge in [-0.1, -0.05) is 6.08 Å². The molecule has 6 amide bonds. The van der Waals surface area contributed by atoms with Crippen molar-refractivity contribution in [3.8, 4) is 0 Å². The van der Waals surface area contributed by atoms with Gasteiger partial charge in [-0.3, -0.25) is 38.1 Å². The Hall–Kier alpha value is -5.11. The molecule has 272 valence electrons. The standard InChI is InChI=1S/C27H39N6O15P/c1-13(29-14(2)34)23(39)33-20(12-48-49(45,46)47)26(42)31-17(7-9-21(28)36)24(40)30-18(8-10-22(37)38)25(41)32-19(27(43)44)11-15-3-5-16(35)6-4-15/h3,5-6,11,13,17-20,35H,4,7-10,12H2,1-2H3,(H2,28,36)(H,29,34)(H,30,40)(H,31,42)(H,32,41)(H,33,39)(H,37,38)(H,43,44)(H2,45,46,47)/b15-11-/t13-,17-,18-,19-,20-/m0/s1. The van der Waals surface area contributed by atoms with Gasteiger partial charge in [-0.25, -0.2) is 9.36 Å². The molecule has 22 heteroatoms. The number of aliphatic hydroxyl groups is 1. The smallest absolute Gasteiger partial charge is 0.469 e. The van der Waals surface area contributed by atoms with Crippen LogP contribution >= 0.6 is 7.82 Å². The highest BCUT2D eigenvalue weighted by Crippen LogP contribution is 2.35. The van der Waals surface area contributed by atoms with E-state index in [1.807, 2.05) is 0 Å². The highest BCUT2D eigenvalue weighted by Gasteiger charge is 2.33. The highest BCUT2D eigenvalue weighted by atomic mass is 31.2. The Morgan fingerprint density at radius 2 is 1.39 bits per heavy atom. The maximum Gasteiger partial charge on any atom is 0.469 e. The van der Waals surface area contributed by atoms with Gasteiger partial charge in [-0.2, -0.15) is 0 Å². The van der Waals surface area contributed by atoms with Crippen LogP contribution in [0.5, 0.6) is 0 Å². The number of phosphoric ester groups is 1. The van der Waals surface area contributed by atoms with Crippen molar-refractivity contribution in [1.82, 2.24) is 26.6 Å². The Kier molecular flexibility index (Phi) is 16.8. The summed E-state index contributed by atoms with van der Waals surface area (Å²) in [4.78, 5) is 116. The molecule has 1 aliphatic rings. The second-order valence-corrected chi connectivity index (χ2v) is 11.8. The Bertz CT molecular complexity index is 1440. The van der Waals surface area contributed by atoms with Gasteiger partial charge in [0.1, 0.15) is 36.0 Å². The second kappa shape index (κ2) is 19.6. The van der Waals surface area contributed by atoms with Crippen molar-refractivity contribution in [3.63, 3.8) is 0 Å². The predicted octanol–water partition coefficient (Wildman–Crippen LogP) is -2.90. The van der Waals surface area contributed by atoms with Crippen molar-refractivity contribution >= 4 is 55.2 Å². The number of phosphoric acid groups is 1. The minimum atomic E-state index is -5.21. The topological polar surface area (TPSA) is 350 Å². The number of aliphatic hydroxyl groups excluding tert-OH is 1. The van der Waals surface area contributed by atoms with E-state index in [2.05, 4.69) is 31.1 Å². The van der Waals surface area contributed by atoms with Crippen LogP contribution in [-0.4, -0.2) is 109 Å². The van der Waals surface area contributed by atoms with E-state index < -0.39 is 118 Å². The number of hydrogen-bond acceptors (Lipinski definition) is 11. The molecule has 0 saturated carbocycles. The molecule has 12 N–H and O–H groups in total. The van der Waals surface area contributed by atoms with Crippen molar-refractivity contribution in [2.75, 3.05) is 6.61 Å². The van der Waals surface area contributed by atoms with Gasteiger partial charge >= 0.3 is 19.8 Å². The van der Waals surface area contributed by atoms with E-state index in [1.54, 1.807) is 0 Å². The van der Waals surface area contributed by atoms with Gasteiger partial charge in [0.05, 0.1) is 6.61 Å². The van der Waals surface area contributed by atoms with Crippen LogP contribution in [0.3, 0.4) is 0 Å². The van der Waals surface area contributed by atoms with Gasteiger partial charge in [-0.15, -0.1) is 0 Å². The molecule has 0 fully saturated rings. The number of hydrogen-bond donors (Lipinski definition) is 11. The van der Waals surface area contributed by atoms with Gasteiger partial charge in [-0.05, 0) is 50.0 Å². The molecular formula is C27H39N6O15P. The predicted molar refractivity (Wildman–Crippen MR) is 164 cm³/mol. The Labute approximate surface area is 278 Å². The molecule has 0 radical (unpaired) electrons. The number of primary amides is 1. The Balaban J connectivity index is 3.29. The first-order chi connectivity index (χ1) is 22.7. The summed E-state index contributed by atoms with van der Waals surface area (Å²) in [6, 6.07) is -8.27. The third kappa shape index (κ3) is 17.0. The van der Waals surface area contributed by atoms with Gasteiger partial charge < -0.3 is 57.4 Å². The second-order valence-electron chi connectivity index (χ2n) is 10.6. The lowest BCUT2D eigenvalue weighted by atomic mass is 10.0. The average Bonchev–Trinajstić information content (AvgIpc) is 2.98. The lowest BCUT2D eigenvalue weighted by molar-refractivity contribution is -0.142. The summed E-state index contributed by atoms with van der Waals surface area (Å²) in [5, 5.41) is 39.1. The Morgan fingerprint density at radius 3 is 1.86 bits per heavy atom. The monoisotopic (exact) mass is 718 g/mol. The van der Waals surface area contributed by atoms with Gasteiger partial charge in [0.2, 0.25) is 35.4 Å². The quantitative estimate of drug-likeness (QED) is 0.0563. The fraction of sp³-hybridized carbons (Fsp3) is 0.481. The van der Waals surface area contributed by atoms with Crippen LogP contribution in [0.2, 0.25) is 0 Å². The highest BCUT2D eigenvalue weighted by molar-refractivity contribution is 7.46. The van der Waals surface area contributed by atoms with Crippen LogP contribution in [0.4, 0.5) is 0 Å². The number of carboxylic acids is 2. The SMILES string of the molecule is CC(=O)N[C@@H](C)C(=O)N[C@@H](COP(=O)(O)O)C(=O)N[C@@H](CCC(N)=O)C(=O)N[C@@H](CCC(=O)O)C(=O)N[C@@H](/C=C1/C=CC(O)=CC1)C(=O)O. The fourth-order valence-electron chi connectivity index (χ4n) is 3.98. The van der Waals surface area contributed by atoms with Crippen LogP contribution in [-0.2, 0) is 47.4 Å². The van der Waals surface area contributed by atoms with Crippen molar-refractivity contribution < 1.29 is 72.6 Å². The minimum Gasteiger partial charge on any atom is -0.508 e. The maximum atomic E-state index is 13.3. The third-order valence-corrected chi connectivity index (χ3v) is 6.89. The van der Waals surface area contributed by atoms with E-state index in [-0.39, 0.29) is 12.2 Å². The molecular weight excluding hydrogens is 679 g/mol. The van der Waals surface area contributed by atoms with E-state index >= 15 is 0 Å². The van der Waals surface area contributed by atoms with Crippen molar-refractivity contribution in [2.24, 2.45) is 5.73 Å². The molecule has 0 aromatic rings. The van der Waals surface area contributed by atoms with E-state index in [1.165, 1.54) is 25.2 Å². The van der Waals surface area contributed by atoms with Crippen LogP contribution in [0.15, 0.2) is 35.6 Å². The summed E-state index contributed by atoms with van der Waals surface area (Å²) in [7, 11) is -5.21. The molecule has 0 bridgehead atoms. The summed E-state index contributed by atoms with van der Waals surface area (Å²) in [5.74, 6) is -9.19. The van der Waals surface area contributed by atoms with E-state index in [4.69, 9.17) is 15.5 Å². The first-order valence-electron chi connectivity index (χ1n) is 14.4. The number of carbonyl (C=O) groups excluding carboxylic acids is 6. The number of allylic oxidation sites excluding steroid dienone is 4. The number of carbonyl (C=O) groups is 8. The van der Waals surface area contributed by atoms with E-state index in [0.29, 0.717) is 5.57 Å².